The van der Waals surface area contributed by atoms with Gasteiger partial charge in [0, 0.05) is 11.9 Å². The SMILES string of the molecule is NC(=O)C1(c2ccccc2)CCN(CC[C@@]2(c3ccc(Cl)c(Cl)c3)CN(C(=O)c3cc4ccccc4o3)CO2)CC1. The van der Waals surface area contributed by atoms with Crippen molar-refractivity contribution in [3.8, 4) is 0 Å². The Hall–Kier alpha value is -3.36. The maximum absolute atomic E-state index is 13.5. The number of amides is 2. The molecular weight excluding hydrogens is 561 g/mol. The van der Waals surface area contributed by atoms with Gasteiger partial charge in [0.15, 0.2) is 5.76 Å². The molecule has 2 saturated heterocycles. The maximum atomic E-state index is 13.5. The lowest BCUT2D eigenvalue weighted by molar-refractivity contribution is -0.125. The average Bonchev–Trinajstić information content (AvgIpc) is 3.63. The van der Waals surface area contributed by atoms with E-state index in [0.717, 1.165) is 29.6 Å². The summed E-state index contributed by atoms with van der Waals surface area (Å²) in [5.41, 5.74) is 6.99. The lowest BCUT2D eigenvalue weighted by Crippen LogP contribution is -2.50. The van der Waals surface area contributed by atoms with Crippen molar-refractivity contribution in [3.63, 3.8) is 0 Å². The summed E-state index contributed by atoms with van der Waals surface area (Å²) >= 11 is 12.7. The van der Waals surface area contributed by atoms with Crippen molar-refractivity contribution in [2.45, 2.75) is 30.3 Å². The second kappa shape index (κ2) is 11.1. The van der Waals surface area contributed by atoms with Crippen LogP contribution in [0.4, 0.5) is 0 Å². The first-order valence-electron chi connectivity index (χ1n) is 13.7. The molecule has 0 saturated carbocycles. The standard InChI is InChI=1S/C32H31Cl2N3O4/c33-25-11-10-24(19-26(25)34)32(20-37(21-40-32)29(38)28-18-22-6-4-5-9-27(22)41-28)14-17-36-15-12-31(13-16-36,30(35)39)23-7-2-1-3-8-23/h1-11,18-19H,12-17,20-21H2,(H2,35,39)/t32-/m0/s1. The number of hydrogen-bond acceptors (Lipinski definition) is 5. The number of benzene rings is 3. The van der Waals surface area contributed by atoms with Gasteiger partial charge in [0.05, 0.1) is 22.0 Å². The minimum atomic E-state index is -0.784. The van der Waals surface area contributed by atoms with E-state index >= 15 is 0 Å². The quantitative estimate of drug-likeness (QED) is 0.286. The molecule has 1 aromatic heterocycles. The van der Waals surface area contributed by atoms with E-state index in [1.54, 1.807) is 17.0 Å². The van der Waals surface area contributed by atoms with E-state index in [2.05, 4.69) is 4.90 Å². The molecule has 0 unspecified atom stereocenters. The van der Waals surface area contributed by atoms with Crippen molar-refractivity contribution < 1.29 is 18.7 Å². The van der Waals surface area contributed by atoms with Gasteiger partial charge in [-0.15, -0.1) is 0 Å². The van der Waals surface area contributed by atoms with Crippen LogP contribution in [-0.2, 0) is 20.5 Å². The molecule has 212 valence electrons. The molecule has 0 spiro atoms. The molecule has 2 aliphatic heterocycles. The number of furan rings is 1. The fraction of sp³-hybridized carbons (Fsp3) is 0.312. The van der Waals surface area contributed by atoms with Gasteiger partial charge in [-0.3, -0.25) is 9.59 Å². The summed E-state index contributed by atoms with van der Waals surface area (Å²) < 4.78 is 12.3. The van der Waals surface area contributed by atoms with Crippen LogP contribution in [0, 0.1) is 0 Å². The highest BCUT2D eigenvalue weighted by Gasteiger charge is 2.45. The Morgan fingerprint density at radius 1 is 0.878 bits per heavy atom. The van der Waals surface area contributed by atoms with Crippen LogP contribution in [0.25, 0.3) is 11.0 Å². The summed E-state index contributed by atoms with van der Waals surface area (Å²) in [6.07, 6.45) is 1.90. The number of ether oxygens (including phenoxy) is 1. The van der Waals surface area contributed by atoms with Crippen molar-refractivity contribution in [2.24, 2.45) is 5.73 Å². The Bertz CT molecular complexity index is 1550. The number of rotatable bonds is 7. The summed E-state index contributed by atoms with van der Waals surface area (Å²) in [6.45, 7) is 2.60. The number of primary amides is 1. The van der Waals surface area contributed by atoms with E-state index in [-0.39, 0.29) is 24.3 Å². The Labute approximate surface area is 248 Å². The van der Waals surface area contributed by atoms with Gasteiger partial charge >= 0.3 is 0 Å². The number of nitrogens with zero attached hydrogens (tertiary/aromatic N) is 2. The zero-order valence-electron chi connectivity index (χ0n) is 22.5. The fourth-order valence-corrected chi connectivity index (χ4v) is 6.45. The van der Waals surface area contributed by atoms with Gasteiger partial charge in [-0.2, -0.15) is 0 Å². The number of piperidine rings is 1. The number of carbonyl (C=O) groups excluding carboxylic acids is 2. The number of halogens is 2. The van der Waals surface area contributed by atoms with Gasteiger partial charge in [0.2, 0.25) is 5.91 Å². The van der Waals surface area contributed by atoms with Crippen LogP contribution in [0.1, 0.15) is 40.9 Å². The molecule has 6 rings (SSSR count). The molecule has 3 heterocycles. The van der Waals surface area contributed by atoms with Crippen LogP contribution in [0.5, 0.6) is 0 Å². The molecule has 0 radical (unpaired) electrons. The molecule has 3 aromatic carbocycles. The van der Waals surface area contributed by atoms with E-state index in [1.807, 2.05) is 66.7 Å². The summed E-state index contributed by atoms with van der Waals surface area (Å²) in [5.74, 6) is -0.232. The maximum Gasteiger partial charge on any atom is 0.291 e. The molecule has 7 nitrogen and oxygen atoms in total. The number of fused-ring (bicyclic) bond motifs is 1. The van der Waals surface area contributed by atoms with Crippen LogP contribution in [0.3, 0.4) is 0 Å². The first kappa shape index (κ1) is 27.8. The second-order valence-corrected chi connectivity index (χ2v) is 11.8. The minimum absolute atomic E-state index is 0.120. The summed E-state index contributed by atoms with van der Waals surface area (Å²) in [6, 6.07) is 24.6. The first-order valence-corrected chi connectivity index (χ1v) is 14.5. The van der Waals surface area contributed by atoms with E-state index in [0.29, 0.717) is 48.0 Å². The Morgan fingerprint density at radius 2 is 1.61 bits per heavy atom. The van der Waals surface area contributed by atoms with Crippen molar-refractivity contribution in [1.29, 1.82) is 0 Å². The normalized spacial score (nSPS) is 20.9. The monoisotopic (exact) mass is 591 g/mol. The number of carbonyl (C=O) groups is 2. The number of likely N-dealkylation sites (tertiary alicyclic amines) is 1. The highest BCUT2D eigenvalue weighted by molar-refractivity contribution is 6.42. The van der Waals surface area contributed by atoms with Crippen LogP contribution in [0.2, 0.25) is 10.0 Å². The minimum Gasteiger partial charge on any atom is -0.451 e. The van der Waals surface area contributed by atoms with Gasteiger partial charge in [0.25, 0.3) is 5.91 Å². The van der Waals surface area contributed by atoms with Crippen LogP contribution in [0.15, 0.2) is 83.3 Å². The predicted molar refractivity (Wildman–Crippen MR) is 159 cm³/mol. The second-order valence-electron chi connectivity index (χ2n) is 11.0. The van der Waals surface area contributed by atoms with Gasteiger partial charge in [-0.05, 0) is 67.7 Å². The lowest BCUT2D eigenvalue weighted by atomic mass is 9.72. The molecule has 2 fully saturated rings. The predicted octanol–water partition coefficient (Wildman–Crippen LogP) is 5.97. The van der Waals surface area contributed by atoms with Crippen LogP contribution >= 0.6 is 23.2 Å². The first-order chi connectivity index (χ1) is 19.8. The number of hydrogen-bond donors (Lipinski definition) is 1. The largest absolute Gasteiger partial charge is 0.451 e. The lowest BCUT2D eigenvalue weighted by Gasteiger charge is -2.41. The van der Waals surface area contributed by atoms with Crippen molar-refractivity contribution in [2.75, 3.05) is 32.9 Å². The van der Waals surface area contributed by atoms with Crippen molar-refractivity contribution >= 4 is 46.0 Å². The van der Waals surface area contributed by atoms with E-state index in [4.69, 9.17) is 38.1 Å². The fourth-order valence-electron chi connectivity index (χ4n) is 6.16. The molecule has 2 N–H and O–H groups in total. The van der Waals surface area contributed by atoms with Crippen molar-refractivity contribution in [3.05, 3.63) is 106 Å². The smallest absolute Gasteiger partial charge is 0.291 e. The van der Waals surface area contributed by atoms with Crippen LogP contribution < -0.4 is 5.73 Å². The molecule has 1 atom stereocenters. The molecule has 2 aliphatic rings. The summed E-state index contributed by atoms with van der Waals surface area (Å²) in [4.78, 5) is 30.1. The van der Waals surface area contributed by atoms with E-state index < -0.39 is 11.0 Å². The molecule has 0 bridgehead atoms. The number of para-hydroxylation sites is 1. The number of nitrogens with two attached hydrogens (primary N) is 1. The third-order valence-electron chi connectivity index (χ3n) is 8.65. The average molecular weight is 593 g/mol. The molecule has 41 heavy (non-hydrogen) atoms. The van der Waals surface area contributed by atoms with Gasteiger partial charge in [-0.25, -0.2) is 0 Å². The Morgan fingerprint density at radius 3 is 2.32 bits per heavy atom. The Balaban J connectivity index is 1.20. The van der Waals surface area contributed by atoms with E-state index in [1.165, 1.54) is 0 Å². The third-order valence-corrected chi connectivity index (χ3v) is 9.39. The zero-order chi connectivity index (χ0) is 28.6. The highest BCUT2D eigenvalue weighted by atomic mass is 35.5. The van der Waals surface area contributed by atoms with Gasteiger partial charge in [0.1, 0.15) is 17.9 Å². The van der Waals surface area contributed by atoms with Crippen LogP contribution in [-0.4, -0.2) is 54.5 Å². The summed E-state index contributed by atoms with van der Waals surface area (Å²) in [7, 11) is 0. The topological polar surface area (TPSA) is 89.0 Å². The molecule has 4 aromatic rings. The molecule has 2 amide bonds. The van der Waals surface area contributed by atoms with E-state index in [9.17, 15) is 9.59 Å². The molecular formula is C32H31Cl2N3O4. The highest BCUT2D eigenvalue weighted by Crippen LogP contribution is 2.40. The van der Waals surface area contributed by atoms with Gasteiger partial charge < -0.3 is 24.7 Å². The zero-order valence-corrected chi connectivity index (χ0v) is 24.0. The third kappa shape index (κ3) is 5.24. The molecule has 9 heteroatoms. The van der Waals surface area contributed by atoms with Gasteiger partial charge in [-0.1, -0.05) is 77.8 Å². The summed E-state index contributed by atoms with van der Waals surface area (Å²) in [5, 5.41) is 1.76. The molecule has 0 aliphatic carbocycles. The van der Waals surface area contributed by atoms with Crippen molar-refractivity contribution in [1.82, 2.24) is 9.80 Å². The Kier molecular flexibility index (Phi) is 7.55.